The summed E-state index contributed by atoms with van der Waals surface area (Å²) in [5, 5.41) is 15.8. The molecule has 4 aromatic carbocycles. The van der Waals surface area contributed by atoms with Gasteiger partial charge >= 0.3 is 0 Å². The molecule has 0 unspecified atom stereocenters. The number of likely N-dealkylation sites (N-methyl/N-ethyl adjacent to an activating group) is 2. The fraction of sp³-hybridized carbons (Fsp3) is 0.456. The zero-order valence-corrected chi connectivity index (χ0v) is 43.2. The molecule has 13 nitrogen and oxygen atoms in total. The molecule has 0 spiro atoms. The molecule has 4 atom stereocenters. The summed E-state index contributed by atoms with van der Waals surface area (Å²) in [6, 6.07) is 31.7. The van der Waals surface area contributed by atoms with E-state index in [0.29, 0.717) is 30.9 Å². The highest BCUT2D eigenvalue weighted by molar-refractivity contribution is 7.10. The van der Waals surface area contributed by atoms with E-state index in [9.17, 15) is 19.2 Å². The number of carbonyl (C=O) groups is 4. The Morgan fingerprint density at radius 1 is 0.901 bits per heavy atom. The standard InChI is InChI=1S/C57H72N8O5S/c1-39(58-5)51(66)62-50(56(2,3)4)54(69)65-36-44-34-45(25-24-43(44)35-49(65)53(68)60-47-23-15-21-40-16-13-14-22-46(40)47)70-33-32-63(6)30-31-64-28-26-57(27-29-64,38-59-52(67)42-19-11-8-12-20-42)55-61-48(37-71-55)41-17-9-7-10-18-41/h7-14,16-20,22,24-25,34,37,39,47,49-50,58H,15,21,23,26-33,35-36,38H2,1-6H3,(H,59,67)(H,60,68)(H,62,66)/t39-,47+,49-,50+/m0/s1. The lowest BCUT2D eigenvalue weighted by molar-refractivity contribution is -0.147. The fourth-order valence-electron chi connectivity index (χ4n) is 10.1. The van der Waals surface area contributed by atoms with Crippen LogP contribution in [0.4, 0.5) is 0 Å². The van der Waals surface area contributed by atoms with Gasteiger partial charge in [-0.05, 0) is 118 Å². The monoisotopic (exact) mass is 981 g/mol. The van der Waals surface area contributed by atoms with Crippen LogP contribution in [0.15, 0.2) is 109 Å². The number of fused-ring (bicyclic) bond motifs is 2. The number of ether oxygens (including phenoxy) is 1. The Bertz CT molecular complexity index is 2610. The minimum atomic E-state index is -0.862. The minimum Gasteiger partial charge on any atom is -0.492 e. The van der Waals surface area contributed by atoms with Crippen molar-refractivity contribution in [2.45, 2.75) is 102 Å². The summed E-state index contributed by atoms with van der Waals surface area (Å²) in [6.45, 7) is 13.1. The van der Waals surface area contributed by atoms with Crippen molar-refractivity contribution < 1.29 is 23.9 Å². The van der Waals surface area contributed by atoms with E-state index in [4.69, 9.17) is 9.72 Å². The lowest BCUT2D eigenvalue weighted by Crippen LogP contribution is -2.62. The van der Waals surface area contributed by atoms with Gasteiger partial charge in [0.1, 0.15) is 29.4 Å². The van der Waals surface area contributed by atoms with E-state index in [2.05, 4.69) is 67.8 Å². The molecule has 1 fully saturated rings. The van der Waals surface area contributed by atoms with Crippen LogP contribution in [-0.4, -0.2) is 121 Å². The molecule has 8 rings (SSSR count). The van der Waals surface area contributed by atoms with Crippen molar-refractivity contribution in [1.82, 2.24) is 41.0 Å². The van der Waals surface area contributed by atoms with Crippen molar-refractivity contribution in [3.05, 3.63) is 141 Å². The van der Waals surface area contributed by atoms with Gasteiger partial charge in [-0.2, -0.15) is 0 Å². The molecule has 1 saturated heterocycles. The maximum Gasteiger partial charge on any atom is 0.251 e. The maximum atomic E-state index is 14.8. The molecule has 4 N–H and O–H groups in total. The molecule has 5 aromatic rings. The lowest BCUT2D eigenvalue weighted by atomic mass is 9.78. The first-order valence-electron chi connectivity index (χ1n) is 25.4. The van der Waals surface area contributed by atoms with Crippen molar-refractivity contribution in [3.8, 4) is 17.0 Å². The number of aromatic nitrogens is 1. The van der Waals surface area contributed by atoms with Crippen molar-refractivity contribution >= 4 is 35.0 Å². The van der Waals surface area contributed by atoms with Crippen LogP contribution in [0.3, 0.4) is 0 Å². The van der Waals surface area contributed by atoms with Crippen molar-refractivity contribution in [2.24, 2.45) is 5.41 Å². The van der Waals surface area contributed by atoms with Crippen LogP contribution in [0, 0.1) is 5.41 Å². The molecule has 376 valence electrons. The summed E-state index contributed by atoms with van der Waals surface area (Å²) in [4.78, 5) is 67.4. The topological polar surface area (TPSA) is 148 Å². The number of likely N-dealkylation sites (tertiary alicyclic amines) is 1. The first-order valence-corrected chi connectivity index (χ1v) is 26.3. The Morgan fingerprint density at radius 3 is 2.35 bits per heavy atom. The van der Waals surface area contributed by atoms with E-state index < -0.39 is 23.5 Å². The molecule has 1 aliphatic carbocycles. The molecular weight excluding hydrogens is 909 g/mol. The second-order valence-electron chi connectivity index (χ2n) is 20.8. The number of carbonyl (C=O) groups excluding carboxylic acids is 4. The van der Waals surface area contributed by atoms with E-state index >= 15 is 0 Å². The summed E-state index contributed by atoms with van der Waals surface area (Å²) in [5.41, 5.74) is 6.14. The van der Waals surface area contributed by atoms with Crippen LogP contribution in [0.5, 0.6) is 5.75 Å². The summed E-state index contributed by atoms with van der Waals surface area (Å²) >= 11 is 1.69. The average Bonchev–Trinajstić information content (AvgIpc) is 3.90. The Kier molecular flexibility index (Phi) is 16.7. The second-order valence-corrected chi connectivity index (χ2v) is 21.7. The van der Waals surface area contributed by atoms with Crippen LogP contribution < -0.4 is 26.0 Å². The van der Waals surface area contributed by atoms with Crippen LogP contribution >= 0.6 is 11.3 Å². The van der Waals surface area contributed by atoms with Crippen molar-refractivity contribution in [3.63, 3.8) is 0 Å². The van der Waals surface area contributed by atoms with E-state index in [0.717, 1.165) is 97.8 Å². The number of nitrogens with one attached hydrogen (secondary N) is 4. The van der Waals surface area contributed by atoms with Crippen molar-refractivity contribution in [2.75, 3.05) is 60.0 Å². The van der Waals surface area contributed by atoms with E-state index in [1.54, 1.807) is 30.2 Å². The third-order valence-corrected chi connectivity index (χ3v) is 15.9. The highest BCUT2D eigenvalue weighted by atomic mass is 32.1. The Morgan fingerprint density at radius 2 is 1.62 bits per heavy atom. The summed E-state index contributed by atoms with van der Waals surface area (Å²) in [6.07, 6.45) is 4.91. The summed E-state index contributed by atoms with van der Waals surface area (Å²) in [5.74, 6) is -0.108. The van der Waals surface area contributed by atoms with Gasteiger partial charge < -0.3 is 40.7 Å². The van der Waals surface area contributed by atoms with Crippen LogP contribution in [0.1, 0.15) is 97.0 Å². The van der Waals surface area contributed by atoms with Gasteiger partial charge in [-0.3, -0.25) is 19.2 Å². The number of nitrogens with zero attached hydrogens (tertiary/aromatic N) is 4. The predicted molar refractivity (Wildman–Crippen MR) is 281 cm³/mol. The number of aryl methyl sites for hydroxylation is 1. The second kappa shape index (κ2) is 23.1. The first kappa shape index (κ1) is 51.4. The zero-order valence-electron chi connectivity index (χ0n) is 42.3. The molecule has 0 saturated carbocycles. The van der Waals surface area contributed by atoms with Gasteiger partial charge in [0.2, 0.25) is 17.7 Å². The number of rotatable bonds is 18. The largest absolute Gasteiger partial charge is 0.492 e. The van der Waals surface area contributed by atoms with Crippen LogP contribution in [0.25, 0.3) is 11.3 Å². The van der Waals surface area contributed by atoms with Crippen LogP contribution in [0.2, 0.25) is 0 Å². The number of thiazole rings is 1. The minimum absolute atomic E-state index is 0.0649. The molecule has 14 heteroatoms. The van der Waals surface area contributed by atoms with Crippen molar-refractivity contribution in [1.29, 1.82) is 0 Å². The third-order valence-electron chi connectivity index (χ3n) is 14.8. The van der Waals surface area contributed by atoms with Gasteiger partial charge in [0.15, 0.2) is 0 Å². The highest BCUT2D eigenvalue weighted by Crippen LogP contribution is 2.39. The number of hydrogen-bond acceptors (Lipinski definition) is 10. The predicted octanol–water partition coefficient (Wildman–Crippen LogP) is 7.17. The van der Waals surface area contributed by atoms with Gasteiger partial charge in [-0.15, -0.1) is 11.3 Å². The van der Waals surface area contributed by atoms with E-state index in [1.165, 1.54) is 5.56 Å². The van der Waals surface area contributed by atoms with E-state index in [-0.39, 0.29) is 41.6 Å². The Balaban J connectivity index is 0.887. The first-order chi connectivity index (χ1) is 34.2. The molecule has 0 radical (unpaired) electrons. The third kappa shape index (κ3) is 12.6. The molecule has 3 aliphatic rings. The lowest BCUT2D eigenvalue weighted by Gasteiger charge is -2.42. The molecule has 3 heterocycles. The summed E-state index contributed by atoms with van der Waals surface area (Å²) in [7, 11) is 3.83. The maximum absolute atomic E-state index is 14.8. The average molecular weight is 981 g/mol. The Hall–Kier alpha value is -5.93. The van der Waals surface area contributed by atoms with E-state index in [1.807, 2.05) is 99.6 Å². The molecular formula is C57H72N8O5S. The number of hydrogen-bond donors (Lipinski definition) is 4. The number of amides is 4. The highest BCUT2D eigenvalue weighted by Gasteiger charge is 2.43. The molecule has 71 heavy (non-hydrogen) atoms. The van der Waals surface area contributed by atoms with Gasteiger partial charge in [0.25, 0.3) is 5.91 Å². The zero-order chi connectivity index (χ0) is 50.1. The number of benzene rings is 4. The fourth-order valence-corrected chi connectivity index (χ4v) is 11.2. The normalized spacial score (nSPS) is 18.7. The van der Waals surface area contributed by atoms with Gasteiger partial charge in [0.05, 0.1) is 17.8 Å². The Labute approximate surface area is 424 Å². The smallest absolute Gasteiger partial charge is 0.251 e. The van der Waals surface area contributed by atoms with Crippen LogP contribution in [-0.2, 0) is 39.2 Å². The molecule has 0 bridgehead atoms. The summed E-state index contributed by atoms with van der Waals surface area (Å²) < 4.78 is 6.38. The van der Waals surface area contributed by atoms with Gasteiger partial charge in [0, 0.05) is 61.1 Å². The quantitative estimate of drug-likeness (QED) is 0.0718. The molecule has 4 amide bonds. The molecule has 2 aliphatic heterocycles. The van der Waals surface area contributed by atoms with Gasteiger partial charge in [-0.1, -0.05) is 99.6 Å². The molecule has 1 aromatic heterocycles. The van der Waals surface area contributed by atoms with Gasteiger partial charge in [-0.25, -0.2) is 4.98 Å². The SMILES string of the molecule is CN[C@@H](C)C(=O)N[C@H](C(=O)N1Cc2cc(OCCN(C)CCN3CCC(CNC(=O)c4ccccc4)(c4nc(-c5ccccc5)cs4)CC3)ccc2C[C@H]1C(=O)N[C@@H]1CCCc2ccccc21)C(C)(C)C. The number of piperidine rings is 1.